The van der Waals surface area contributed by atoms with E-state index >= 15 is 0 Å². The van der Waals surface area contributed by atoms with Gasteiger partial charge in [-0.15, -0.1) is 5.10 Å². The van der Waals surface area contributed by atoms with Crippen LogP contribution in [0.3, 0.4) is 0 Å². The fraction of sp³-hybridized carbons (Fsp3) is 0.250. The monoisotopic (exact) mass is 398 g/mol. The van der Waals surface area contributed by atoms with Crippen molar-refractivity contribution in [2.75, 3.05) is 11.6 Å². The number of hydrogen-bond acceptors (Lipinski definition) is 6. The highest BCUT2D eigenvalue weighted by Crippen LogP contribution is 2.45. The van der Waals surface area contributed by atoms with Crippen LogP contribution < -0.4 is 10.4 Å². The van der Waals surface area contributed by atoms with Crippen LogP contribution in [0.15, 0.2) is 59.7 Å². The van der Waals surface area contributed by atoms with Gasteiger partial charge >= 0.3 is 5.97 Å². The van der Waals surface area contributed by atoms with Crippen LogP contribution in [0.25, 0.3) is 0 Å². The molecule has 2 aliphatic heterocycles. The number of nitrogens with one attached hydrogen (secondary N) is 1. The molecule has 1 atom stereocenters. The molecule has 28 heavy (non-hydrogen) atoms. The molecule has 1 fully saturated rings. The fourth-order valence-corrected chi connectivity index (χ4v) is 3.73. The van der Waals surface area contributed by atoms with Crippen LogP contribution in [0.4, 0.5) is 5.69 Å². The summed E-state index contributed by atoms with van der Waals surface area (Å²) in [5, 5.41) is 8.46. The number of benzene rings is 2. The predicted octanol–water partition coefficient (Wildman–Crippen LogP) is 3.02. The first-order valence-corrected chi connectivity index (χ1v) is 9.41. The number of hydrazine groups is 1. The molecule has 144 valence electrons. The van der Waals surface area contributed by atoms with Crippen molar-refractivity contribution in [1.29, 1.82) is 0 Å². The zero-order valence-electron chi connectivity index (χ0n) is 15.3. The molecular weight excluding hydrogens is 380 g/mol. The van der Waals surface area contributed by atoms with Crippen molar-refractivity contribution in [2.45, 2.75) is 25.4 Å². The lowest BCUT2D eigenvalue weighted by atomic mass is 9.90. The number of fused-ring (bicyclic) bond motifs is 1. The van der Waals surface area contributed by atoms with E-state index in [1.54, 1.807) is 24.1 Å². The molecule has 2 aliphatic rings. The molecule has 7 nitrogen and oxygen atoms in total. The molecule has 4 rings (SSSR count). The maximum Gasteiger partial charge on any atom is 0.377 e. The van der Waals surface area contributed by atoms with Gasteiger partial charge in [-0.05, 0) is 31.2 Å². The van der Waals surface area contributed by atoms with Gasteiger partial charge in [0.05, 0.1) is 12.3 Å². The summed E-state index contributed by atoms with van der Waals surface area (Å²) in [5.41, 5.74) is 3.57. The van der Waals surface area contributed by atoms with Gasteiger partial charge in [-0.2, -0.15) is 0 Å². The molecule has 2 aromatic carbocycles. The molecule has 0 spiro atoms. The minimum Gasteiger partial charge on any atom is -0.460 e. The first-order chi connectivity index (χ1) is 13.6. The van der Waals surface area contributed by atoms with Gasteiger partial charge in [0.2, 0.25) is 5.91 Å². The Labute approximate surface area is 167 Å². The Morgan fingerprint density at radius 1 is 1.21 bits per heavy atom. The zero-order valence-corrected chi connectivity index (χ0v) is 16.0. The molecule has 1 saturated heterocycles. The van der Waals surface area contributed by atoms with E-state index < -0.39 is 11.6 Å². The Hall–Kier alpha value is -3.06. The van der Waals surface area contributed by atoms with Crippen LogP contribution in [-0.4, -0.2) is 29.3 Å². The molecule has 0 aliphatic carbocycles. The van der Waals surface area contributed by atoms with E-state index in [9.17, 15) is 9.59 Å². The third kappa shape index (κ3) is 2.88. The normalized spacial score (nSPS) is 21.1. The van der Waals surface area contributed by atoms with Gasteiger partial charge in [0.1, 0.15) is 0 Å². The molecule has 1 unspecified atom stereocenters. The number of rotatable bonds is 4. The molecule has 1 N–H and O–H groups in total. The smallest absolute Gasteiger partial charge is 0.377 e. The Bertz CT molecular complexity index is 932. The van der Waals surface area contributed by atoms with Gasteiger partial charge in [0.15, 0.2) is 5.66 Å². The van der Waals surface area contributed by atoms with Crippen molar-refractivity contribution < 1.29 is 14.3 Å². The third-order valence-corrected chi connectivity index (χ3v) is 5.08. The van der Waals surface area contributed by atoms with Crippen LogP contribution in [0.1, 0.15) is 25.3 Å². The summed E-state index contributed by atoms with van der Waals surface area (Å²) in [7, 11) is 0. The van der Waals surface area contributed by atoms with Gasteiger partial charge in [0, 0.05) is 23.4 Å². The summed E-state index contributed by atoms with van der Waals surface area (Å²) >= 11 is 6.05. The van der Waals surface area contributed by atoms with Crippen molar-refractivity contribution in [3.63, 3.8) is 0 Å². The van der Waals surface area contributed by atoms with E-state index in [2.05, 4.69) is 10.5 Å². The highest BCUT2D eigenvalue weighted by Gasteiger charge is 2.56. The minimum absolute atomic E-state index is 0.0358. The number of ether oxygens (including phenoxy) is 1. The molecule has 8 heteroatoms. The number of anilines is 1. The van der Waals surface area contributed by atoms with E-state index in [-0.39, 0.29) is 18.3 Å². The number of amides is 1. The zero-order chi connectivity index (χ0) is 19.7. The molecule has 2 aromatic rings. The van der Waals surface area contributed by atoms with Crippen LogP contribution in [0.5, 0.6) is 0 Å². The van der Waals surface area contributed by atoms with E-state index in [1.165, 1.54) is 5.01 Å². The minimum atomic E-state index is -0.884. The van der Waals surface area contributed by atoms with Gasteiger partial charge in [-0.1, -0.05) is 41.9 Å². The van der Waals surface area contributed by atoms with Crippen LogP contribution >= 0.6 is 11.6 Å². The SMILES string of the molecule is CCOC(=O)C1=NN(c2ccc(Cl)cc2)C2(c3ccccc3)CCC(=O)NN12. The van der Waals surface area contributed by atoms with Crippen molar-refractivity contribution >= 4 is 35.0 Å². The second kappa shape index (κ2) is 7.16. The standard InChI is InChI=1S/C20H19ClN4O3/c1-2-28-19(27)18-23-24(16-10-8-15(21)9-11-16)20(14-6-4-3-5-7-14)13-12-17(26)22-25(18)20/h3-11H,2,12-13H2,1H3,(H,22,26). The number of carbonyl (C=O) groups is 2. The molecule has 1 amide bonds. The van der Waals surface area contributed by atoms with E-state index in [0.717, 1.165) is 11.3 Å². The van der Waals surface area contributed by atoms with Crippen molar-refractivity contribution in [2.24, 2.45) is 5.10 Å². The van der Waals surface area contributed by atoms with E-state index in [1.807, 2.05) is 42.5 Å². The fourth-order valence-electron chi connectivity index (χ4n) is 3.61. The summed E-state index contributed by atoms with van der Waals surface area (Å²) in [6, 6.07) is 16.9. The lowest BCUT2D eigenvalue weighted by Gasteiger charge is -2.46. The maximum atomic E-state index is 12.6. The largest absolute Gasteiger partial charge is 0.460 e. The topological polar surface area (TPSA) is 74.2 Å². The number of amidine groups is 1. The third-order valence-electron chi connectivity index (χ3n) is 4.83. The van der Waals surface area contributed by atoms with Gasteiger partial charge < -0.3 is 4.74 Å². The quantitative estimate of drug-likeness (QED) is 0.801. The molecule has 2 heterocycles. The first-order valence-electron chi connectivity index (χ1n) is 9.03. The average Bonchev–Trinajstić information content (AvgIpc) is 3.05. The molecule has 0 saturated carbocycles. The highest BCUT2D eigenvalue weighted by atomic mass is 35.5. The van der Waals surface area contributed by atoms with Crippen LogP contribution in [-0.2, 0) is 20.0 Å². The summed E-state index contributed by atoms with van der Waals surface area (Å²) in [5.74, 6) is -0.739. The second-order valence-corrected chi connectivity index (χ2v) is 6.92. The highest BCUT2D eigenvalue weighted by molar-refractivity contribution is 6.36. The van der Waals surface area contributed by atoms with E-state index in [4.69, 9.17) is 16.3 Å². The number of esters is 1. The number of hydrogen-bond donors (Lipinski definition) is 1. The van der Waals surface area contributed by atoms with Gasteiger partial charge in [-0.3, -0.25) is 10.2 Å². The van der Waals surface area contributed by atoms with Crippen molar-refractivity contribution in [1.82, 2.24) is 10.4 Å². The number of halogens is 1. The predicted molar refractivity (Wildman–Crippen MR) is 105 cm³/mol. The average molecular weight is 399 g/mol. The van der Waals surface area contributed by atoms with Gasteiger partial charge in [0.25, 0.3) is 5.84 Å². The Kier molecular flexibility index (Phi) is 4.68. The lowest BCUT2D eigenvalue weighted by molar-refractivity contribution is -0.138. The van der Waals surface area contributed by atoms with Crippen molar-refractivity contribution in [3.05, 3.63) is 65.2 Å². The molecule has 0 aromatic heterocycles. The summed E-state index contributed by atoms with van der Waals surface area (Å²) in [6.45, 7) is 1.93. The van der Waals surface area contributed by atoms with E-state index in [0.29, 0.717) is 17.9 Å². The number of nitrogens with zero attached hydrogens (tertiary/aromatic N) is 3. The van der Waals surface area contributed by atoms with Crippen LogP contribution in [0.2, 0.25) is 5.02 Å². The lowest BCUT2D eigenvalue weighted by Crippen LogP contribution is -2.64. The Morgan fingerprint density at radius 3 is 2.61 bits per heavy atom. The van der Waals surface area contributed by atoms with Gasteiger partial charge in [-0.25, -0.2) is 14.8 Å². The number of hydrazone groups is 1. The Morgan fingerprint density at radius 2 is 1.93 bits per heavy atom. The molecular formula is C20H19ClN4O3. The second-order valence-electron chi connectivity index (χ2n) is 6.49. The summed E-state index contributed by atoms with van der Waals surface area (Å²) < 4.78 is 5.18. The van der Waals surface area contributed by atoms with Crippen molar-refractivity contribution in [3.8, 4) is 0 Å². The maximum absolute atomic E-state index is 12.6. The Balaban J connectivity index is 1.90. The van der Waals surface area contributed by atoms with Crippen LogP contribution in [0, 0.1) is 0 Å². The summed E-state index contributed by atoms with van der Waals surface area (Å²) in [6.07, 6.45) is 0.735. The molecule has 0 radical (unpaired) electrons. The number of carbonyl (C=O) groups excluding carboxylic acids is 2. The first kappa shape index (κ1) is 18.3. The molecule has 0 bridgehead atoms. The summed E-state index contributed by atoms with van der Waals surface area (Å²) in [4.78, 5) is 24.8.